The van der Waals surface area contributed by atoms with E-state index in [1.807, 2.05) is 0 Å². The molecule has 2 nitrogen and oxygen atoms in total. The summed E-state index contributed by atoms with van der Waals surface area (Å²) in [6.45, 7) is 7.49. The highest BCUT2D eigenvalue weighted by molar-refractivity contribution is 9.10. The Morgan fingerprint density at radius 2 is 2.28 bits per heavy atom. The lowest BCUT2D eigenvalue weighted by Gasteiger charge is -2.24. The average molecular weight is 312 g/mol. The molecule has 1 atom stereocenters. The molecule has 100 valence electrons. The zero-order chi connectivity index (χ0) is 13.0. The molecule has 2 rings (SSSR count). The Kier molecular flexibility index (Phi) is 5.07. The minimum absolute atomic E-state index is 0.488. The van der Waals surface area contributed by atoms with Gasteiger partial charge in [0.1, 0.15) is 5.75 Å². The Balaban J connectivity index is 1.99. The van der Waals surface area contributed by atoms with Gasteiger partial charge in [0.15, 0.2) is 0 Å². The van der Waals surface area contributed by atoms with Gasteiger partial charge in [-0.25, -0.2) is 0 Å². The second-order valence-corrected chi connectivity index (χ2v) is 6.28. The maximum absolute atomic E-state index is 6.03. The van der Waals surface area contributed by atoms with Crippen LogP contribution in [0.25, 0.3) is 0 Å². The molecule has 1 unspecified atom stereocenters. The summed E-state index contributed by atoms with van der Waals surface area (Å²) in [6.07, 6.45) is 2.55. The quantitative estimate of drug-likeness (QED) is 0.909. The normalized spacial score (nSPS) is 20.1. The molecule has 1 heterocycles. The van der Waals surface area contributed by atoms with Crippen LogP contribution in [0, 0.1) is 5.92 Å². The predicted octanol–water partition coefficient (Wildman–Crippen LogP) is 3.95. The van der Waals surface area contributed by atoms with Crippen LogP contribution in [0.15, 0.2) is 22.7 Å². The van der Waals surface area contributed by atoms with Crippen molar-refractivity contribution in [3.8, 4) is 5.75 Å². The molecular weight excluding hydrogens is 290 g/mol. The van der Waals surface area contributed by atoms with Gasteiger partial charge >= 0.3 is 0 Å². The van der Waals surface area contributed by atoms with Crippen LogP contribution in [0.4, 0.5) is 0 Å². The van der Waals surface area contributed by atoms with Crippen molar-refractivity contribution in [3.05, 3.63) is 28.2 Å². The number of nitrogens with one attached hydrogen (secondary N) is 1. The second-order valence-electron chi connectivity index (χ2n) is 5.36. The summed E-state index contributed by atoms with van der Waals surface area (Å²) < 4.78 is 7.16. The predicted molar refractivity (Wildman–Crippen MR) is 79.3 cm³/mol. The summed E-state index contributed by atoms with van der Waals surface area (Å²) in [6, 6.07) is 6.30. The number of hydrogen-bond donors (Lipinski definition) is 1. The van der Waals surface area contributed by atoms with Crippen molar-refractivity contribution in [1.29, 1.82) is 0 Å². The van der Waals surface area contributed by atoms with Crippen molar-refractivity contribution >= 4 is 15.9 Å². The maximum Gasteiger partial charge on any atom is 0.122 e. The van der Waals surface area contributed by atoms with Crippen LogP contribution in [0.5, 0.6) is 5.75 Å². The standard InChI is InChI=1S/C15H22BrNO/c1-11(2)14-8-13(16)5-6-15(14)18-10-12-4-3-7-17-9-12/h5-6,8,11-12,17H,3-4,7,9-10H2,1-2H3. The van der Waals surface area contributed by atoms with Gasteiger partial charge in [0.05, 0.1) is 6.61 Å². The third-order valence-electron chi connectivity index (χ3n) is 3.47. The van der Waals surface area contributed by atoms with Crippen molar-refractivity contribution in [3.63, 3.8) is 0 Å². The highest BCUT2D eigenvalue weighted by Gasteiger charge is 2.15. The molecule has 18 heavy (non-hydrogen) atoms. The molecule has 0 spiro atoms. The molecule has 0 saturated carbocycles. The fourth-order valence-electron chi connectivity index (χ4n) is 2.38. The Morgan fingerprint density at radius 3 is 2.94 bits per heavy atom. The van der Waals surface area contributed by atoms with Crippen LogP contribution >= 0.6 is 15.9 Å². The lowest BCUT2D eigenvalue weighted by molar-refractivity contribution is 0.216. The summed E-state index contributed by atoms with van der Waals surface area (Å²) in [4.78, 5) is 0. The number of halogens is 1. The van der Waals surface area contributed by atoms with Gasteiger partial charge in [-0.05, 0) is 49.1 Å². The van der Waals surface area contributed by atoms with E-state index in [-0.39, 0.29) is 0 Å². The second kappa shape index (κ2) is 6.58. The zero-order valence-electron chi connectivity index (χ0n) is 11.2. The van der Waals surface area contributed by atoms with E-state index in [0.29, 0.717) is 11.8 Å². The number of hydrogen-bond acceptors (Lipinski definition) is 2. The Bertz CT molecular complexity index is 386. The Hall–Kier alpha value is -0.540. The maximum atomic E-state index is 6.03. The number of rotatable bonds is 4. The SMILES string of the molecule is CC(C)c1cc(Br)ccc1OCC1CCCNC1. The molecule has 1 aromatic carbocycles. The first-order valence-corrected chi connectivity index (χ1v) is 7.59. The molecule has 0 aromatic heterocycles. The van der Waals surface area contributed by atoms with Gasteiger partial charge in [-0.2, -0.15) is 0 Å². The van der Waals surface area contributed by atoms with Gasteiger partial charge in [0.2, 0.25) is 0 Å². The molecule has 1 fully saturated rings. The summed E-state index contributed by atoms with van der Waals surface area (Å²) in [5, 5.41) is 3.43. The van der Waals surface area contributed by atoms with E-state index in [1.165, 1.54) is 18.4 Å². The monoisotopic (exact) mass is 311 g/mol. The van der Waals surface area contributed by atoms with Gasteiger partial charge in [0.25, 0.3) is 0 Å². The number of piperidine rings is 1. The van der Waals surface area contributed by atoms with Crippen molar-refractivity contribution in [1.82, 2.24) is 5.32 Å². The van der Waals surface area contributed by atoms with E-state index < -0.39 is 0 Å². The molecule has 0 bridgehead atoms. The van der Waals surface area contributed by atoms with Crippen molar-refractivity contribution < 1.29 is 4.74 Å². The highest BCUT2D eigenvalue weighted by atomic mass is 79.9. The summed E-state index contributed by atoms with van der Waals surface area (Å²) in [7, 11) is 0. The van der Waals surface area contributed by atoms with E-state index in [9.17, 15) is 0 Å². The van der Waals surface area contributed by atoms with E-state index in [0.717, 1.165) is 29.9 Å². The van der Waals surface area contributed by atoms with Crippen LogP contribution in [0.1, 0.15) is 38.2 Å². The summed E-state index contributed by atoms with van der Waals surface area (Å²) in [5.74, 6) is 2.18. The molecule has 1 aliphatic rings. The van der Waals surface area contributed by atoms with Crippen molar-refractivity contribution in [2.75, 3.05) is 19.7 Å². The fraction of sp³-hybridized carbons (Fsp3) is 0.600. The van der Waals surface area contributed by atoms with E-state index in [1.54, 1.807) is 0 Å². The van der Waals surface area contributed by atoms with Crippen LogP contribution < -0.4 is 10.1 Å². The molecule has 3 heteroatoms. The Labute approximate surface area is 118 Å². The zero-order valence-corrected chi connectivity index (χ0v) is 12.8. The lowest BCUT2D eigenvalue weighted by atomic mass is 10.00. The highest BCUT2D eigenvalue weighted by Crippen LogP contribution is 2.30. The number of ether oxygens (including phenoxy) is 1. The molecular formula is C15H22BrNO. The molecule has 1 aromatic rings. The first kappa shape index (κ1) is 13.9. The summed E-state index contributed by atoms with van der Waals surface area (Å²) in [5.41, 5.74) is 1.29. The topological polar surface area (TPSA) is 21.3 Å². The van der Waals surface area contributed by atoms with Gasteiger partial charge in [-0.15, -0.1) is 0 Å². The van der Waals surface area contributed by atoms with Crippen molar-refractivity contribution in [2.24, 2.45) is 5.92 Å². The fourth-order valence-corrected chi connectivity index (χ4v) is 2.75. The van der Waals surface area contributed by atoms with Crippen LogP contribution in [-0.4, -0.2) is 19.7 Å². The minimum Gasteiger partial charge on any atom is -0.493 e. The molecule has 0 amide bonds. The molecule has 0 radical (unpaired) electrons. The molecule has 1 aliphatic heterocycles. The van der Waals surface area contributed by atoms with E-state index in [2.05, 4.69) is 53.3 Å². The van der Waals surface area contributed by atoms with Crippen molar-refractivity contribution in [2.45, 2.75) is 32.6 Å². The molecule has 1 N–H and O–H groups in total. The summed E-state index contributed by atoms with van der Waals surface area (Å²) >= 11 is 3.53. The third kappa shape index (κ3) is 3.72. The lowest BCUT2D eigenvalue weighted by Crippen LogP contribution is -2.33. The Morgan fingerprint density at radius 1 is 1.44 bits per heavy atom. The first-order valence-electron chi connectivity index (χ1n) is 6.80. The van der Waals surface area contributed by atoms with Gasteiger partial charge in [-0.3, -0.25) is 0 Å². The number of benzene rings is 1. The smallest absolute Gasteiger partial charge is 0.122 e. The molecule has 0 aliphatic carbocycles. The van der Waals surface area contributed by atoms with Crippen LogP contribution in [-0.2, 0) is 0 Å². The average Bonchev–Trinajstić information content (AvgIpc) is 2.38. The largest absolute Gasteiger partial charge is 0.493 e. The minimum atomic E-state index is 0.488. The van der Waals surface area contributed by atoms with Crippen LogP contribution in [0.2, 0.25) is 0 Å². The van der Waals surface area contributed by atoms with E-state index in [4.69, 9.17) is 4.74 Å². The van der Waals surface area contributed by atoms with Gasteiger partial charge in [0, 0.05) is 16.9 Å². The van der Waals surface area contributed by atoms with Gasteiger partial charge in [-0.1, -0.05) is 29.8 Å². The van der Waals surface area contributed by atoms with E-state index >= 15 is 0 Å². The van der Waals surface area contributed by atoms with Gasteiger partial charge < -0.3 is 10.1 Å². The van der Waals surface area contributed by atoms with Crippen LogP contribution in [0.3, 0.4) is 0 Å². The molecule has 1 saturated heterocycles. The first-order chi connectivity index (χ1) is 8.66. The third-order valence-corrected chi connectivity index (χ3v) is 3.96.